The number of allylic oxidation sites excluding steroid dienone is 4. The Bertz CT molecular complexity index is 170. The molecule has 0 fully saturated rings. The molecule has 0 unspecified atom stereocenters. The number of hydrogen-bond donors (Lipinski definition) is 0. The molecule has 10 heavy (non-hydrogen) atoms. The molecule has 0 atom stereocenters. The Labute approximate surface area is 75.6 Å². The van der Waals surface area contributed by atoms with Gasteiger partial charge in [0.05, 0.1) is 0 Å². The Morgan fingerprint density at radius 2 is 2.10 bits per heavy atom. The fourth-order valence-corrected chi connectivity index (χ4v) is 7.24. The van der Waals surface area contributed by atoms with E-state index < -0.39 is 24.2 Å². The van der Waals surface area contributed by atoms with Gasteiger partial charge in [-0.15, -0.1) is 0 Å². The van der Waals surface area contributed by atoms with E-state index in [1.807, 2.05) is 0 Å². The molecular formula is C9H14Tl. The number of hydrogen-bond acceptors (Lipinski definition) is 0. The molecule has 0 bridgehead atoms. The first kappa shape index (κ1) is 8.50. The molecule has 0 spiro atoms. The summed E-state index contributed by atoms with van der Waals surface area (Å²) in [5, 5.41) is 0. The quantitative estimate of drug-likeness (QED) is 0.650. The van der Waals surface area contributed by atoms with Gasteiger partial charge in [0.15, 0.2) is 0 Å². The van der Waals surface area contributed by atoms with Crippen LogP contribution in [-0.4, -0.2) is 24.2 Å². The maximum absolute atomic E-state index is 2.38. The molecule has 1 rings (SSSR count). The zero-order chi connectivity index (χ0) is 7.61. The van der Waals surface area contributed by atoms with E-state index in [0.717, 1.165) is 0 Å². The van der Waals surface area contributed by atoms with Crippen molar-refractivity contribution in [2.75, 3.05) is 0 Å². The summed E-state index contributed by atoms with van der Waals surface area (Å²) in [6.45, 7) is 7.13. The van der Waals surface area contributed by atoms with Gasteiger partial charge in [0.2, 0.25) is 0 Å². The molecular weight excluding hydrogens is 312 g/mol. The van der Waals surface area contributed by atoms with Gasteiger partial charge in [-0.2, -0.15) is 0 Å². The summed E-state index contributed by atoms with van der Waals surface area (Å²) < 4.78 is 2.45. The molecule has 0 aliphatic heterocycles. The van der Waals surface area contributed by atoms with Crippen LogP contribution in [0.4, 0.5) is 0 Å². The average Bonchev–Trinajstić information content (AvgIpc) is 2.12. The van der Waals surface area contributed by atoms with E-state index in [1.165, 1.54) is 6.42 Å². The summed E-state index contributed by atoms with van der Waals surface area (Å²) in [7, 11) is 0. The average molecular weight is 327 g/mol. The summed E-state index contributed by atoms with van der Waals surface area (Å²) in [5.74, 6) is 0. The SMILES string of the molecule is C[C](C)(C)[Tl][C]1=CC=CC1. The van der Waals surface area contributed by atoms with Crippen LogP contribution in [0.1, 0.15) is 27.2 Å². The van der Waals surface area contributed by atoms with E-state index in [2.05, 4.69) is 39.0 Å². The second kappa shape index (κ2) is 3.20. The van der Waals surface area contributed by atoms with Gasteiger partial charge in [-0.3, -0.25) is 0 Å². The third-order valence-electron chi connectivity index (χ3n) is 1.42. The topological polar surface area (TPSA) is 0 Å². The van der Waals surface area contributed by atoms with Crippen LogP contribution >= 0.6 is 0 Å². The van der Waals surface area contributed by atoms with Crippen molar-refractivity contribution < 1.29 is 0 Å². The molecule has 0 heterocycles. The molecule has 1 aliphatic rings. The van der Waals surface area contributed by atoms with Crippen molar-refractivity contribution in [3.63, 3.8) is 0 Å². The molecule has 0 aromatic carbocycles. The third-order valence-corrected chi connectivity index (χ3v) is 7.89. The van der Waals surface area contributed by atoms with E-state index in [9.17, 15) is 0 Å². The van der Waals surface area contributed by atoms with Crippen LogP contribution in [0.15, 0.2) is 21.4 Å². The first-order valence-corrected chi connectivity index (χ1v) is 8.28. The summed E-state index contributed by atoms with van der Waals surface area (Å²) >= 11 is -0.581. The standard InChI is InChI=1S/C5H5.C4H9.Tl/c1-2-4-5-3-1;1-4(2)3;/h1-3H,4H2;1-3H3;. The summed E-state index contributed by atoms with van der Waals surface area (Å²) in [5.41, 5.74) is 0. The molecule has 0 radical (unpaired) electrons. The van der Waals surface area contributed by atoms with E-state index in [0.29, 0.717) is 2.97 Å². The molecule has 0 aromatic heterocycles. The Morgan fingerprint density at radius 1 is 1.40 bits per heavy atom. The van der Waals surface area contributed by atoms with Crippen molar-refractivity contribution in [1.29, 1.82) is 0 Å². The molecule has 0 saturated carbocycles. The maximum atomic E-state index is 2.38. The molecule has 0 aromatic rings. The van der Waals surface area contributed by atoms with Crippen molar-refractivity contribution in [3.05, 3.63) is 21.4 Å². The molecule has 0 amide bonds. The molecule has 0 nitrogen and oxygen atoms in total. The Balaban J connectivity index is 2.41. The first-order valence-electron chi connectivity index (χ1n) is 3.79. The predicted molar refractivity (Wildman–Crippen MR) is 47.3 cm³/mol. The fraction of sp³-hybridized carbons (Fsp3) is 0.556. The molecule has 0 saturated heterocycles. The van der Waals surface area contributed by atoms with Crippen LogP contribution in [0, 0.1) is 0 Å². The molecule has 53 valence electrons. The van der Waals surface area contributed by atoms with Gasteiger partial charge in [0, 0.05) is 0 Å². The van der Waals surface area contributed by atoms with Gasteiger partial charge in [-0.25, -0.2) is 0 Å². The Morgan fingerprint density at radius 3 is 2.50 bits per heavy atom. The van der Waals surface area contributed by atoms with Crippen molar-refractivity contribution >= 4 is 24.2 Å². The van der Waals surface area contributed by atoms with Crippen LogP contribution in [0.2, 0.25) is 2.97 Å². The van der Waals surface area contributed by atoms with Crippen molar-refractivity contribution in [3.8, 4) is 0 Å². The Hall–Kier alpha value is 0.402. The van der Waals surface area contributed by atoms with E-state index in [4.69, 9.17) is 0 Å². The van der Waals surface area contributed by atoms with E-state index >= 15 is 0 Å². The van der Waals surface area contributed by atoms with Crippen LogP contribution in [0.3, 0.4) is 0 Å². The van der Waals surface area contributed by atoms with Crippen LogP contribution < -0.4 is 0 Å². The minimum absolute atomic E-state index is 0.581. The molecule has 0 N–H and O–H groups in total. The van der Waals surface area contributed by atoms with Crippen LogP contribution in [0.5, 0.6) is 0 Å². The Kier molecular flexibility index (Phi) is 2.72. The van der Waals surface area contributed by atoms with Crippen LogP contribution in [0.25, 0.3) is 0 Å². The summed E-state index contributed by atoms with van der Waals surface area (Å²) in [4.78, 5) is 0. The van der Waals surface area contributed by atoms with Gasteiger partial charge < -0.3 is 0 Å². The van der Waals surface area contributed by atoms with Crippen LogP contribution in [-0.2, 0) is 0 Å². The van der Waals surface area contributed by atoms with Gasteiger partial charge >= 0.3 is 75.8 Å². The van der Waals surface area contributed by atoms with Crippen molar-refractivity contribution in [2.45, 2.75) is 30.2 Å². The predicted octanol–water partition coefficient (Wildman–Crippen LogP) is 2.75. The van der Waals surface area contributed by atoms with Crippen molar-refractivity contribution in [2.24, 2.45) is 0 Å². The zero-order valence-corrected chi connectivity index (χ0v) is 11.5. The second-order valence-corrected chi connectivity index (χ2v) is 14.6. The van der Waals surface area contributed by atoms with Gasteiger partial charge in [-0.05, 0) is 0 Å². The van der Waals surface area contributed by atoms with Gasteiger partial charge in [0.25, 0.3) is 0 Å². The normalized spacial score (nSPS) is 16.9. The van der Waals surface area contributed by atoms with E-state index in [1.54, 1.807) is 3.13 Å². The summed E-state index contributed by atoms with van der Waals surface area (Å²) in [6.07, 6.45) is 8.09. The molecule has 1 aliphatic carbocycles. The third kappa shape index (κ3) is 2.99. The fourth-order valence-electron chi connectivity index (χ4n) is 1.13. The second-order valence-electron chi connectivity index (χ2n) is 3.88. The number of rotatable bonds is 1. The van der Waals surface area contributed by atoms with Gasteiger partial charge in [0.1, 0.15) is 0 Å². The zero-order valence-electron chi connectivity index (χ0n) is 7.02. The van der Waals surface area contributed by atoms with Gasteiger partial charge in [-0.1, -0.05) is 0 Å². The van der Waals surface area contributed by atoms with Crippen molar-refractivity contribution in [1.82, 2.24) is 0 Å². The summed E-state index contributed by atoms with van der Waals surface area (Å²) in [6, 6.07) is 0. The molecule has 1 heteroatoms. The van der Waals surface area contributed by atoms with E-state index in [-0.39, 0.29) is 0 Å². The minimum atomic E-state index is -0.581. The monoisotopic (exact) mass is 327 g/mol. The first-order chi connectivity index (χ1) is 4.58.